The van der Waals surface area contributed by atoms with E-state index in [4.69, 9.17) is 4.42 Å². The van der Waals surface area contributed by atoms with Crippen molar-refractivity contribution in [3.8, 4) is 33.6 Å². The zero-order valence-electron chi connectivity index (χ0n) is 31.2. The second-order valence-electron chi connectivity index (χ2n) is 15.3. The maximum absolute atomic E-state index is 6.47. The van der Waals surface area contributed by atoms with Crippen LogP contribution in [-0.4, -0.2) is 9.13 Å². The highest BCUT2D eigenvalue weighted by atomic mass is 32.1. The Hall–Kier alpha value is -7.40. The summed E-state index contributed by atoms with van der Waals surface area (Å²) < 4.78 is 13.9. The van der Waals surface area contributed by atoms with Crippen molar-refractivity contribution in [2.45, 2.75) is 0 Å². The van der Waals surface area contributed by atoms with Gasteiger partial charge in [0.2, 0.25) is 0 Å². The van der Waals surface area contributed by atoms with Crippen LogP contribution in [-0.2, 0) is 0 Å². The fourth-order valence-electron chi connectivity index (χ4n) is 9.47. The van der Waals surface area contributed by atoms with E-state index in [1.807, 2.05) is 17.4 Å². The zero-order chi connectivity index (χ0) is 37.9. The van der Waals surface area contributed by atoms with Crippen molar-refractivity contribution in [1.29, 1.82) is 0 Å². The van der Waals surface area contributed by atoms with Crippen molar-refractivity contribution in [2.24, 2.45) is 0 Å². The Morgan fingerprint density at radius 1 is 0.328 bits per heavy atom. The van der Waals surface area contributed by atoms with Gasteiger partial charge in [0, 0.05) is 63.9 Å². The Kier molecular flexibility index (Phi) is 6.60. The molecule has 270 valence electrons. The average molecular weight is 757 g/mol. The fraction of sp³-hybridized carbons (Fsp3) is 0. The van der Waals surface area contributed by atoms with Gasteiger partial charge in [0.25, 0.3) is 0 Å². The highest BCUT2D eigenvalue weighted by molar-refractivity contribution is 7.26. The lowest BCUT2D eigenvalue weighted by Gasteiger charge is -2.11. The summed E-state index contributed by atoms with van der Waals surface area (Å²) in [7, 11) is 0. The van der Waals surface area contributed by atoms with E-state index in [0.29, 0.717) is 0 Å². The largest absolute Gasteiger partial charge is 0.456 e. The van der Waals surface area contributed by atoms with Crippen LogP contribution in [0.15, 0.2) is 199 Å². The number of nitrogens with zero attached hydrogens (tertiary/aromatic N) is 2. The fourth-order valence-corrected chi connectivity index (χ4v) is 10.7. The van der Waals surface area contributed by atoms with Crippen molar-refractivity contribution >= 4 is 97.1 Å². The molecule has 0 spiro atoms. The van der Waals surface area contributed by atoms with E-state index in [1.54, 1.807) is 0 Å². The van der Waals surface area contributed by atoms with Crippen LogP contribution < -0.4 is 0 Å². The molecule has 0 aliphatic rings. The Morgan fingerprint density at radius 2 is 0.966 bits per heavy atom. The molecule has 9 aromatic carbocycles. The molecule has 0 aliphatic carbocycles. The Morgan fingerprint density at radius 3 is 1.84 bits per heavy atom. The smallest absolute Gasteiger partial charge is 0.136 e. The van der Waals surface area contributed by atoms with Gasteiger partial charge in [-0.3, -0.25) is 0 Å². The zero-order valence-corrected chi connectivity index (χ0v) is 32.0. The maximum atomic E-state index is 6.47. The van der Waals surface area contributed by atoms with Gasteiger partial charge in [0.1, 0.15) is 11.2 Å². The molecule has 58 heavy (non-hydrogen) atoms. The van der Waals surface area contributed by atoms with Crippen LogP contribution in [0.2, 0.25) is 0 Å². The molecule has 0 N–H and O–H groups in total. The van der Waals surface area contributed by atoms with E-state index >= 15 is 0 Å². The predicted molar refractivity (Wildman–Crippen MR) is 246 cm³/mol. The summed E-state index contributed by atoms with van der Waals surface area (Å²) in [5, 5.41) is 9.78. The normalized spacial score (nSPS) is 12.1. The van der Waals surface area contributed by atoms with Crippen LogP contribution >= 0.6 is 11.3 Å². The lowest BCUT2D eigenvalue weighted by atomic mass is 10.0. The van der Waals surface area contributed by atoms with Gasteiger partial charge in [-0.15, -0.1) is 11.3 Å². The number of fused-ring (bicyclic) bond motifs is 12. The van der Waals surface area contributed by atoms with Gasteiger partial charge in [0.05, 0.1) is 22.1 Å². The van der Waals surface area contributed by atoms with Gasteiger partial charge in [-0.25, -0.2) is 0 Å². The van der Waals surface area contributed by atoms with Crippen LogP contribution in [0.5, 0.6) is 0 Å². The second-order valence-corrected chi connectivity index (χ2v) is 16.3. The Labute approximate surface area is 336 Å². The molecule has 3 nitrogen and oxygen atoms in total. The minimum Gasteiger partial charge on any atom is -0.456 e. The number of aromatic nitrogens is 2. The van der Waals surface area contributed by atoms with Crippen molar-refractivity contribution in [2.75, 3.05) is 0 Å². The van der Waals surface area contributed by atoms with E-state index in [9.17, 15) is 0 Å². The average Bonchev–Trinajstić information content (AvgIpc) is 4.03. The minimum atomic E-state index is 0.906. The lowest BCUT2D eigenvalue weighted by Crippen LogP contribution is -1.94. The third-order valence-electron chi connectivity index (χ3n) is 12.1. The first-order valence-electron chi connectivity index (χ1n) is 19.7. The lowest BCUT2D eigenvalue weighted by molar-refractivity contribution is 0.669. The molecular weight excluding hydrogens is 725 g/mol. The molecule has 0 amide bonds. The molecular formula is C54H32N2OS. The highest BCUT2D eigenvalue weighted by Gasteiger charge is 2.19. The van der Waals surface area contributed by atoms with Gasteiger partial charge in [-0.05, 0) is 95.1 Å². The van der Waals surface area contributed by atoms with Crippen molar-refractivity contribution in [3.63, 3.8) is 0 Å². The Balaban J connectivity index is 0.999. The van der Waals surface area contributed by atoms with E-state index in [-0.39, 0.29) is 0 Å². The maximum Gasteiger partial charge on any atom is 0.136 e. The summed E-state index contributed by atoms with van der Waals surface area (Å²) in [6.07, 6.45) is 0. The minimum absolute atomic E-state index is 0.906. The monoisotopic (exact) mass is 756 g/mol. The summed E-state index contributed by atoms with van der Waals surface area (Å²) in [6.45, 7) is 0. The molecule has 0 aliphatic heterocycles. The van der Waals surface area contributed by atoms with Gasteiger partial charge >= 0.3 is 0 Å². The summed E-state index contributed by atoms with van der Waals surface area (Å²) in [5.41, 5.74) is 13.7. The van der Waals surface area contributed by atoms with E-state index in [1.165, 1.54) is 80.5 Å². The van der Waals surface area contributed by atoms with Crippen LogP contribution in [0.1, 0.15) is 0 Å². The summed E-state index contributed by atoms with van der Waals surface area (Å²) in [6, 6.07) is 70.7. The highest BCUT2D eigenvalue weighted by Crippen LogP contribution is 2.44. The molecule has 4 heteroatoms. The number of furan rings is 1. The number of rotatable bonds is 4. The molecule has 13 aromatic rings. The van der Waals surface area contributed by atoms with E-state index in [2.05, 4.69) is 197 Å². The molecule has 0 saturated carbocycles. The molecule has 13 rings (SSSR count). The number of thiophene rings is 1. The number of benzene rings is 9. The summed E-state index contributed by atoms with van der Waals surface area (Å²) in [4.78, 5) is 0. The van der Waals surface area contributed by atoms with E-state index < -0.39 is 0 Å². The molecule has 0 unspecified atom stereocenters. The van der Waals surface area contributed by atoms with Crippen LogP contribution in [0.3, 0.4) is 0 Å². The molecule has 0 radical (unpaired) electrons. The standard InChI is InChI=1S/C54H32N2OS/c1-2-11-36(12-3-1)55-47-18-7-4-13-39(47)40-27-23-34(30-49(40)55)33-21-25-37(26-22-33)56-48-28-24-35(38-16-10-17-43-42-15-6-9-20-53(42)58-54(38)43)29-44(48)45-32-52-46(31-50(45)56)41-14-5-8-19-51(41)57-52/h1-32H. The molecule has 0 bridgehead atoms. The first kappa shape index (κ1) is 31.8. The summed E-state index contributed by atoms with van der Waals surface area (Å²) >= 11 is 1.88. The molecule has 0 atom stereocenters. The predicted octanol–water partition coefficient (Wildman–Crippen LogP) is 15.5. The molecule has 4 heterocycles. The van der Waals surface area contributed by atoms with E-state index in [0.717, 1.165) is 38.8 Å². The third-order valence-corrected chi connectivity index (χ3v) is 13.3. The topological polar surface area (TPSA) is 23.0 Å². The first-order chi connectivity index (χ1) is 28.7. The van der Waals surface area contributed by atoms with Crippen LogP contribution in [0, 0.1) is 0 Å². The van der Waals surface area contributed by atoms with Crippen LogP contribution in [0.4, 0.5) is 0 Å². The van der Waals surface area contributed by atoms with Crippen LogP contribution in [0.25, 0.3) is 119 Å². The quantitative estimate of drug-likeness (QED) is 0.175. The van der Waals surface area contributed by atoms with Crippen molar-refractivity contribution in [3.05, 3.63) is 194 Å². The van der Waals surface area contributed by atoms with Gasteiger partial charge in [-0.2, -0.15) is 0 Å². The molecule has 4 aromatic heterocycles. The van der Waals surface area contributed by atoms with Crippen molar-refractivity contribution in [1.82, 2.24) is 9.13 Å². The third kappa shape index (κ3) is 4.55. The van der Waals surface area contributed by atoms with Gasteiger partial charge in [0.15, 0.2) is 0 Å². The molecule has 0 fully saturated rings. The van der Waals surface area contributed by atoms with Crippen molar-refractivity contribution < 1.29 is 4.42 Å². The SMILES string of the molecule is c1ccc(-n2c3ccccc3c3ccc(-c4ccc(-n5c6ccc(-c7cccc8c7sc7ccccc78)cc6c6cc7oc8ccccc8c7cc65)cc4)cc32)cc1. The Bertz CT molecular complexity index is 3790. The number of hydrogen-bond donors (Lipinski definition) is 0. The summed E-state index contributed by atoms with van der Waals surface area (Å²) in [5.74, 6) is 0. The second kappa shape index (κ2) is 12.1. The first-order valence-corrected chi connectivity index (χ1v) is 20.6. The number of hydrogen-bond acceptors (Lipinski definition) is 2. The number of para-hydroxylation sites is 3. The molecule has 0 saturated heterocycles. The van der Waals surface area contributed by atoms with Gasteiger partial charge < -0.3 is 13.6 Å². The van der Waals surface area contributed by atoms with Gasteiger partial charge in [-0.1, -0.05) is 121 Å².